The van der Waals surface area contributed by atoms with Gasteiger partial charge >= 0.3 is 0 Å². The first-order valence-corrected chi connectivity index (χ1v) is 10.9. The normalized spacial score (nSPS) is 19.0. The van der Waals surface area contributed by atoms with Gasteiger partial charge in [0.15, 0.2) is 9.84 Å². The third kappa shape index (κ3) is 3.52. The Balaban J connectivity index is 1.57. The molecule has 1 N–H and O–H groups in total. The number of aromatic nitrogens is 2. The van der Waals surface area contributed by atoms with Crippen LogP contribution in [0.5, 0.6) is 0 Å². The molecular weight excluding hydrogens is 346 g/mol. The summed E-state index contributed by atoms with van der Waals surface area (Å²) in [6, 6.07) is 15.6. The Morgan fingerprint density at radius 1 is 1.12 bits per heavy atom. The molecular formula is C20H23N3O2S. The fourth-order valence-electron chi connectivity index (χ4n) is 3.70. The molecule has 1 aliphatic rings. The van der Waals surface area contributed by atoms with Crippen LogP contribution in [-0.2, 0) is 16.4 Å². The van der Waals surface area contributed by atoms with E-state index in [1.807, 2.05) is 30.3 Å². The summed E-state index contributed by atoms with van der Waals surface area (Å²) in [4.78, 5) is 11.1. The van der Waals surface area contributed by atoms with Crippen LogP contribution in [0.2, 0.25) is 0 Å². The highest BCUT2D eigenvalue weighted by Crippen LogP contribution is 2.31. The van der Waals surface area contributed by atoms with Crippen LogP contribution in [0, 0.1) is 0 Å². The maximum Gasteiger partial charge on any atom is 0.175 e. The van der Waals surface area contributed by atoms with Crippen LogP contribution >= 0.6 is 0 Å². The number of nitrogens with one attached hydrogen (secondary N) is 1. The molecule has 2 heterocycles. The molecule has 0 spiro atoms. The van der Waals surface area contributed by atoms with Gasteiger partial charge in [-0.15, -0.1) is 0 Å². The summed E-state index contributed by atoms with van der Waals surface area (Å²) in [7, 11) is -3.15. The van der Waals surface area contributed by atoms with E-state index >= 15 is 0 Å². The molecule has 4 rings (SSSR count). The first kappa shape index (κ1) is 17.2. The van der Waals surface area contributed by atoms with Crippen molar-refractivity contribution in [2.45, 2.75) is 36.7 Å². The Bertz CT molecular complexity index is 976. The van der Waals surface area contributed by atoms with Crippen molar-refractivity contribution in [3.63, 3.8) is 0 Å². The average Bonchev–Trinajstić information content (AvgIpc) is 3.06. The van der Waals surface area contributed by atoms with E-state index in [1.54, 1.807) is 12.1 Å². The molecule has 1 aliphatic heterocycles. The summed E-state index contributed by atoms with van der Waals surface area (Å²) in [5.74, 6) is 1.03. The number of fused-ring (bicyclic) bond motifs is 1. The predicted octanol–water partition coefficient (Wildman–Crippen LogP) is 3.69. The van der Waals surface area contributed by atoms with E-state index in [2.05, 4.69) is 16.0 Å². The second-order valence-electron chi connectivity index (χ2n) is 7.04. The summed E-state index contributed by atoms with van der Waals surface area (Å²) >= 11 is 0. The number of piperidine rings is 1. The number of nitrogens with zero attached hydrogens (tertiary/aromatic N) is 2. The number of H-pyrrole nitrogens is 1. The Kier molecular flexibility index (Phi) is 4.54. The van der Waals surface area contributed by atoms with Gasteiger partial charge in [-0.25, -0.2) is 13.4 Å². The number of sulfone groups is 1. The van der Waals surface area contributed by atoms with E-state index in [-0.39, 0.29) is 6.04 Å². The van der Waals surface area contributed by atoms with Crippen molar-refractivity contribution < 1.29 is 8.42 Å². The molecule has 1 aromatic heterocycles. The summed E-state index contributed by atoms with van der Waals surface area (Å²) in [5.41, 5.74) is 3.21. The Labute approximate surface area is 154 Å². The fourth-order valence-corrected chi connectivity index (χ4v) is 4.33. The van der Waals surface area contributed by atoms with Gasteiger partial charge in [0, 0.05) is 12.8 Å². The third-order valence-corrected chi connectivity index (χ3v) is 6.20. The molecule has 1 atom stereocenters. The molecule has 0 aliphatic carbocycles. The molecule has 26 heavy (non-hydrogen) atoms. The highest BCUT2D eigenvalue weighted by atomic mass is 32.2. The minimum absolute atomic E-state index is 0.269. The molecule has 0 amide bonds. The summed E-state index contributed by atoms with van der Waals surface area (Å²) in [6.45, 7) is 1.82. The minimum Gasteiger partial charge on any atom is -0.341 e. The fraction of sp³-hybridized carbons (Fsp3) is 0.350. The van der Waals surface area contributed by atoms with E-state index in [1.165, 1.54) is 19.1 Å². The SMILES string of the molecule is CS(=O)(=O)c1ccc(CN2CCCC[C@@H]2c2nc3ccccc3[nH]2)cc1. The van der Waals surface area contributed by atoms with Crippen molar-refractivity contribution in [3.8, 4) is 0 Å². The van der Waals surface area contributed by atoms with Crippen LogP contribution < -0.4 is 0 Å². The lowest BCUT2D eigenvalue weighted by Gasteiger charge is -2.34. The van der Waals surface area contributed by atoms with Gasteiger partial charge in [0.1, 0.15) is 5.82 Å². The largest absolute Gasteiger partial charge is 0.341 e. The molecule has 0 bridgehead atoms. The Morgan fingerprint density at radius 3 is 2.62 bits per heavy atom. The topological polar surface area (TPSA) is 66.1 Å². The number of rotatable bonds is 4. The van der Waals surface area contributed by atoms with E-state index in [4.69, 9.17) is 4.98 Å². The lowest BCUT2D eigenvalue weighted by molar-refractivity contribution is 0.134. The number of para-hydroxylation sites is 2. The molecule has 136 valence electrons. The van der Waals surface area contributed by atoms with Gasteiger partial charge < -0.3 is 4.98 Å². The van der Waals surface area contributed by atoms with Gasteiger partial charge in [0.2, 0.25) is 0 Å². The smallest absolute Gasteiger partial charge is 0.175 e. The highest BCUT2D eigenvalue weighted by molar-refractivity contribution is 7.90. The third-order valence-electron chi connectivity index (χ3n) is 5.07. The van der Waals surface area contributed by atoms with E-state index in [0.717, 1.165) is 41.9 Å². The van der Waals surface area contributed by atoms with Crippen molar-refractivity contribution >= 4 is 20.9 Å². The van der Waals surface area contributed by atoms with Crippen molar-refractivity contribution in [1.82, 2.24) is 14.9 Å². The summed E-state index contributed by atoms with van der Waals surface area (Å²) in [5, 5.41) is 0. The lowest BCUT2D eigenvalue weighted by atomic mass is 10.0. The van der Waals surface area contributed by atoms with Crippen LogP contribution in [0.3, 0.4) is 0 Å². The van der Waals surface area contributed by atoms with Gasteiger partial charge in [0.05, 0.1) is 22.0 Å². The Hall–Kier alpha value is -2.18. The number of hydrogen-bond donors (Lipinski definition) is 1. The summed E-state index contributed by atoms with van der Waals surface area (Å²) < 4.78 is 23.3. The van der Waals surface area contributed by atoms with Crippen LogP contribution in [0.1, 0.15) is 36.7 Å². The number of hydrogen-bond acceptors (Lipinski definition) is 4. The lowest BCUT2D eigenvalue weighted by Crippen LogP contribution is -2.33. The molecule has 1 fully saturated rings. The second kappa shape index (κ2) is 6.85. The zero-order valence-corrected chi connectivity index (χ0v) is 15.7. The van der Waals surface area contributed by atoms with Crippen LogP contribution in [0.25, 0.3) is 11.0 Å². The molecule has 6 heteroatoms. The molecule has 5 nitrogen and oxygen atoms in total. The quantitative estimate of drug-likeness (QED) is 0.762. The molecule has 1 saturated heterocycles. The monoisotopic (exact) mass is 369 g/mol. The van der Waals surface area contributed by atoms with Crippen molar-refractivity contribution in [3.05, 3.63) is 59.9 Å². The number of imidazole rings is 1. The first-order valence-electron chi connectivity index (χ1n) is 8.98. The number of benzene rings is 2. The van der Waals surface area contributed by atoms with Gasteiger partial charge in [0.25, 0.3) is 0 Å². The molecule has 3 aromatic rings. The van der Waals surface area contributed by atoms with E-state index in [9.17, 15) is 8.42 Å². The van der Waals surface area contributed by atoms with Gasteiger partial charge in [-0.1, -0.05) is 30.7 Å². The second-order valence-corrected chi connectivity index (χ2v) is 9.05. The zero-order chi connectivity index (χ0) is 18.1. The number of likely N-dealkylation sites (tertiary alicyclic amines) is 1. The summed E-state index contributed by atoms with van der Waals surface area (Å²) in [6.07, 6.45) is 4.70. The molecule has 0 unspecified atom stereocenters. The highest BCUT2D eigenvalue weighted by Gasteiger charge is 2.26. The maximum atomic E-state index is 11.6. The standard InChI is InChI=1S/C20H23N3O2S/c1-26(24,25)16-11-9-15(10-12-16)14-23-13-5-4-8-19(23)20-21-17-6-2-3-7-18(17)22-20/h2-3,6-7,9-12,19H,4-5,8,13-14H2,1H3,(H,21,22)/t19-/m1/s1. The van der Waals surface area contributed by atoms with E-state index < -0.39 is 9.84 Å². The van der Waals surface area contributed by atoms with Crippen LogP contribution in [0.4, 0.5) is 0 Å². The van der Waals surface area contributed by atoms with Gasteiger partial charge in [-0.05, 0) is 49.2 Å². The molecule has 0 saturated carbocycles. The van der Waals surface area contributed by atoms with Gasteiger partial charge in [-0.2, -0.15) is 0 Å². The first-order chi connectivity index (χ1) is 12.5. The maximum absolute atomic E-state index is 11.6. The Morgan fingerprint density at radius 2 is 1.88 bits per heavy atom. The number of aromatic amines is 1. The van der Waals surface area contributed by atoms with Crippen molar-refractivity contribution in [1.29, 1.82) is 0 Å². The van der Waals surface area contributed by atoms with Gasteiger partial charge in [-0.3, -0.25) is 4.90 Å². The average molecular weight is 369 g/mol. The zero-order valence-electron chi connectivity index (χ0n) is 14.9. The molecule has 0 radical (unpaired) electrons. The van der Waals surface area contributed by atoms with Crippen LogP contribution in [0.15, 0.2) is 53.4 Å². The molecule has 2 aromatic carbocycles. The predicted molar refractivity (Wildman–Crippen MR) is 103 cm³/mol. The van der Waals surface area contributed by atoms with Crippen molar-refractivity contribution in [2.75, 3.05) is 12.8 Å². The van der Waals surface area contributed by atoms with Crippen LogP contribution in [-0.4, -0.2) is 36.1 Å². The van der Waals surface area contributed by atoms with E-state index in [0.29, 0.717) is 4.90 Å². The minimum atomic E-state index is -3.15. The van der Waals surface area contributed by atoms with Crippen molar-refractivity contribution in [2.24, 2.45) is 0 Å².